The normalized spacial score (nSPS) is 11.8. The fourth-order valence-corrected chi connectivity index (χ4v) is 2.69. The molecule has 0 heterocycles. The second-order valence-corrected chi connectivity index (χ2v) is 5.12. The Kier molecular flexibility index (Phi) is 5.32. The largest absolute Gasteiger partial charge is 0.389 e. The minimum absolute atomic E-state index is 0.538. The molecule has 2 nitrogen and oxygen atoms in total. The van der Waals surface area contributed by atoms with E-state index in [9.17, 15) is 5.11 Å². The van der Waals surface area contributed by atoms with Crippen LogP contribution >= 0.6 is 11.8 Å². The topological polar surface area (TPSA) is 46.2 Å². The van der Waals surface area contributed by atoms with E-state index in [4.69, 9.17) is 5.73 Å². The highest BCUT2D eigenvalue weighted by molar-refractivity contribution is 7.99. The maximum Gasteiger partial charge on any atom is 0.0736 e. The van der Waals surface area contributed by atoms with Crippen molar-refractivity contribution in [3.8, 4) is 0 Å². The van der Waals surface area contributed by atoms with Gasteiger partial charge in [0.2, 0.25) is 0 Å². The Labute approximate surface area is 102 Å². The molecule has 1 aromatic rings. The van der Waals surface area contributed by atoms with Gasteiger partial charge >= 0.3 is 0 Å². The fraction of sp³-hybridized carbons (Fsp3) is 0.538. The lowest BCUT2D eigenvalue weighted by molar-refractivity contribution is 0.0572. The Morgan fingerprint density at radius 3 is 2.56 bits per heavy atom. The van der Waals surface area contributed by atoms with E-state index in [2.05, 4.69) is 12.1 Å². The van der Waals surface area contributed by atoms with Gasteiger partial charge < -0.3 is 10.8 Å². The first-order chi connectivity index (χ1) is 7.63. The molecule has 0 unspecified atom stereocenters. The molecule has 90 valence electrons. The number of hydrogen-bond donors (Lipinski definition) is 2. The van der Waals surface area contributed by atoms with Crippen LogP contribution in [-0.4, -0.2) is 16.5 Å². The molecule has 0 saturated heterocycles. The number of nitrogens with two attached hydrogens (primary N) is 1. The summed E-state index contributed by atoms with van der Waals surface area (Å²) in [6, 6.07) is 8.20. The van der Waals surface area contributed by atoms with E-state index in [0.717, 1.165) is 24.2 Å². The van der Waals surface area contributed by atoms with Crippen molar-refractivity contribution in [1.29, 1.82) is 0 Å². The molecule has 0 amide bonds. The Bertz CT molecular complexity index is 323. The average Bonchev–Trinajstić information content (AvgIpc) is 2.36. The third-order valence-corrected chi connectivity index (χ3v) is 4.23. The van der Waals surface area contributed by atoms with Crippen LogP contribution in [0.2, 0.25) is 0 Å². The monoisotopic (exact) mass is 239 g/mol. The number of aliphatic hydroxyl groups is 1. The zero-order chi connectivity index (χ0) is 12.0. The van der Waals surface area contributed by atoms with Crippen LogP contribution in [0.25, 0.3) is 0 Å². The molecular weight excluding hydrogens is 218 g/mol. The summed E-state index contributed by atoms with van der Waals surface area (Å²) in [5, 5.41) is 10.2. The van der Waals surface area contributed by atoms with Gasteiger partial charge in [0, 0.05) is 17.2 Å². The molecule has 1 rings (SSSR count). The van der Waals surface area contributed by atoms with E-state index in [0.29, 0.717) is 6.54 Å². The first-order valence-corrected chi connectivity index (χ1v) is 6.76. The van der Waals surface area contributed by atoms with Gasteiger partial charge in [0.15, 0.2) is 0 Å². The summed E-state index contributed by atoms with van der Waals surface area (Å²) in [6.07, 6.45) is 1.60. The van der Waals surface area contributed by atoms with Gasteiger partial charge in [-0.15, -0.1) is 11.8 Å². The molecule has 0 aliphatic heterocycles. The molecule has 0 aromatic heterocycles. The lowest BCUT2D eigenvalue weighted by Gasteiger charge is -2.24. The van der Waals surface area contributed by atoms with Crippen LogP contribution in [0.1, 0.15) is 32.3 Å². The van der Waals surface area contributed by atoms with E-state index < -0.39 is 5.60 Å². The van der Waals surface area contributed by atoms with Gasteiger partial charge in [-0.2, -0.15) is 0 Å². The molecule has 3 heteroatoms. The molecule has 0 saturated carbocycles. The fourth-order valence-electron chi connectivity index (χ4n) is 1.43. The summed E-state index contributed by atoms with van der Waals surface area (Å²) in [4.78, 5) is 1.18. The average molecular weight is 239 g/mol. The molecule has 1 aromatic carbocycles. The van der Waals surface area contributed by atoms with Crippen LogP contribution in [0.15, 0.2) is 29.2 Å². The number of benzene rings is 1. The lowest BCUT2D eigenvalue weighted by atomic mass is 10.0. The molecule has 0 aliphatic carbocycles. The first kappa shape index (κ1) is 13.6. The predicted octanol–water partition coefficient (Wildman–Crippen LogP) is 2.79. The van der Waals surface area contributed by atoms with Crippen molar-refractivity contribution < 1.29 is 5.11 Å². The van der Waals surface area contributed by atoms with Gasteiger partial charge in [0.25, 0.3) is 0 Å². The Balaban J connectivity index is 2.60. The van der Waals surface area contributed by atoms with Crippen LogP contribution < -0.4 is 5.73 Å². The molecule has 0 radical (unpaired) electrons. The SMILES string of the molecule is CCC(O)(CC)CSc1cccc(CN)c1. The second kappa shape index (κ2) is 6.28. The summed E-state index contributed by atoms with van der Waals surface area (Å²) in [5.41, 5.74) is 6.20. The maximum atomic E-state index is 10.2. The van der Waals surface area contributed by atoms with Crippen LogP contribution in [0.3, 0.4) is 0 Å². The van der Waals surface area contributed by atoms with Gasteiger partial charge in [-0.3, -0.25) is 0 Å². The molecular formula is C13H21NOS. The molecule has 0 fully saturated rings. The van der Waals surface area contributed by atoms with Gasteiger partial charge in [-0.1, -0.05) is 26.0 Å². The molecule has 3 N–H and O–H groups in total. The summed E-state index contributed by atoms with van der Waals surface area (Å²) >= 11 is 1.70. The van der Waals surface area contributed by atoms with E-state index >= 15 is 0 Å². The smallest absolute Gasteiger partial charge is 0.0736 e. The molecule has 0 spiro atoms. The van der Waals surface area contributed by atoms with Gasteiger partial charge in [0.05, 0.1) is 5.60 Å². The summed E-state index contributed by atoms with van der Waals surface area (Å²) < 4.78 is 0. The Morgan fingerprint density at radius 1 is 1.31 bits per heavy atom. The molecule has 0 aliphatic rings. The number of rotatable bonds is 6. The number of thioether (sulfide) groups is 1. The first-order valence-electron chi connectivity index (χ1n) is 5.77. The van der Waals surface area contributed by atoms with Crippen molar-refractivity contribution in [1.82, 2.24) is 0 Å². The van der Waals surface area contributed by atoms with E-state index in [1.807, 2.05) is 26.0 Å². The van der Waals surface area contributed by atoms with Crippen LogP contribution in [0, 0.1) is 0 Å². The molecule has 0 bridgehead atoms. The Hall–Kier alpha value is -0.510. The van der Waals surface area contributed by atoms with Crippen LogP contribution in [0.4, 0.5) is 0 Å². The van der Waals surface area contributed by atoms with Crippen molar-refractivity contribution in [3.63, 3.8) is 0 Å². The van der Waals surface area contributed by atoms with Crippen molar-refractivity contribution in [3.05, 3.63) is 29.8 Å². The molecule has 0 atom stereocenters. The van der Waals surface area contributed by atoms with E-state index in [1.165, 1.54) is 4.90 Å². The zero-order valence-corrected chi connectivity index (χ0v) is 10.9. The number of hydrogen-bond acceptors (Lipinski definition) is 3. The van der Waals surface area contributed by atoms with E-state index in [-0.39, 0.29) is 0 Å². The van der Waals surface area contributed by atoms with Gasteiger partial charge in [0.1, 0.15) is 0 Å². The van der Waals surface area contributed by atoms with Crippen LogP contribution in [-0.2, 0) is 6.54 Å². The minimum atomic E-state index is -0.538. The van der Waals surface area contributed by atoms with Gasteiger partial charge in [-0.05, 0) is 30.5 Å². The molecule has 16 heavy (non-hydrogen) atoms. The zero-order valence-electron chi connectivity index (χ0n) is 10.1. The van der Waals surface area contributed by atoms with Crippen molar-refractivity contribution in [2.45, 2.75) is 43.7 Å². The quantitative estimate of drug-likeness (QED) is 0.750. The maximum absolute atomic E-state index is 10.2. The van der Waals surface area contributed by atoms with E-state index in [1.54, 1.807) is 11.8 Å². The van der Waals surface area contributed by atoms with Crippen LogP contribution in [0.5, 0.6) is 0 Å². The lowest BCUT2D eigenvalue weighted by Crippen LogP contribution is -2.29. The van der Waals surface area contributed by atoms with Crippen molar-refractivity contribution in [2.75, 3.05) is 5.75 Å². The summed E-state index contributed by atoms with van der Waals surface area (Å²) in [6.45, 7) is 4.63. The van der Waals surface area contributed by atoms with Gasteiger partial charge in [-0.25, -0.2) is 0 Å². The summed E-state index contributed by atoms with van der Waals surface area (Å²) in [5.74, 6) is 0.744. The highest BCUT2D eigenvalue weighted by Crippen LogP contribution is 2.27. The third kappa shape index (κ3) is 3.81. The Morgan fingerprint density at radius 2 is 2.00 bits per heavy atom. The highest BCUT2D eigenvalue weighted by atomic mass is 32.2. The predicted molar refractivity (Wildman–Crippen MR) is 70.6 cm³/mol. The third-order valence-electron chi connectivity index (χ3n) is 2.96. The second-order valence-electron chi connectivity index (χ2n) is 4.07. The summed E-state index contributed by atoms with van der Waals surface area (Å²) in [7, 11) is 0. The highest BCUT2D eigenvalue weighted by Gasteiger charge is 2.21. The van der Waals surface area contributed by atoms with Crippen molar-refractivity contribution in [2.24, 2.45) is 5.73 Å². The standard InChI is InChI=1S/C13H21NOS/c1-3-13(15,4-2)10-16-12-7-5-6-11(8-12)9-14/h5-8,15H,3-4,9-10,14H2,1-2H3. The minimum Gasteiger partial charge on any atom is -0.389 e. The van der Waals surface area contributed by atoms with Crippen molar-refractivity contribution >= 4 is 11.8 Å².